The molecule has 18 heavy (non-hydrogen) atoms. The fraction of sp³-hybridized carbons (Fsp3) is 0.267. The SMILES string of the molecule is O=C(c1ccccc1)N1CCC[C@@H]1c1ccco1. The predicted octanol–water partition coefficient (Wildman–Crippen LogP) is 3.26. The Bertz CT molecular complexity index is 519. The average molecular weight is 241 g/mol. The highest BCUT2D eigenvalue weighted by molar-refractivity contribution is 5.94. The molecule has 1 aliphatic heterocycles. The lowest BCUT2D eigenvalue weighted by molar-refractivity contribution is 0.0720. The van der Waals surface area contributed by atoms with E-state index in [2.05, 4.69) is 0 Å². The van der Waals surface area contributed by atoms with Crippen LogP contribution in [0.2, 0.25) is 0 Å². The van der Waals surface area contributed by atoms with Gasteiger partial charge in [0.15, 0.2) is 0 Å². The van der Waals surface area contributed by atoms with Crippen molar-refractivity contribution in [1.29, 1.82) is 0 Å². The smallest absolute Gasteiger partial charge is 0.254 e. The first-order valence-corrected chi connectivity index (χ1v) is 6.25. The molecule has 1 amide bonds. The molecular formula is C15H15NO2. The first kappa shape index (κ1) is 11.1. The zero-order valence-electron chi connectivity index (χ0n) is 10.1. The summed E-state index contributed by atoms with van der Waals surface area (Å²) in [5.41, 5.74) is 0.746. The van der Waals surface area contributed by atoms with Crippen molar-refractivity contribution in [3.63, 3.8) is 0 Å². The molecule has 0 aliphatic carbocycles. The van der Waals surface area contributed by atoms with Gasteiger partial charge in [0.1, 0.15) is 5.76 Å². The van der Waals surface area contributed by atoms with E-state index >= 15 is 0 Å². The second-order valence-electron chi connectivity index (χ2n) is 4.54. The van der Waals surface area contributed by atoms with Crippen molar-refractivity contribution in [3.8, 4) is 0 Å². The molecule has 1 saturated heterocycles. The van der Waals surface area contributed by atoms with Gasteiger partial charge >= 0.3 is 0 Å². The van der Waals surface area contributed by atoms with Gasteiger partial charge in [0.25, 0.3) is 5.91 Å². The summed E-state index contributed by atoms with van der Waals surface area (Å²) in [6.07, 6.45) is 3.68. The second-order valence-corrected chi connectivity index (χ2v) is 4.54. The molecule has 2 heterocycles. The molecule has 1 atom stereocenters. The van der Waals surface area contributed by atoms with Crippen molar-refractivity contribution in [2.75, 3.05) is 6.54 Å². The number of hydrogen-bond donors (Lipinski definition) is 0. The molecular weight excluding hydrogens is 226 g/mol. The van der Waals surface area contributed by atoms with E-state index < -0.39 is 0 Å². The zero-order valence-corrected chi connectivity index (χ0v) is 10.1. The summed E-state index contributed by atoms with van der Waals surface area (Å²) in [6.45, 7) is 0.805. The lowest BCUT2D eigenvalue weighted by Crippen LogP contribution is -2.30. The molecule has 92 valence electrons. The minimum absolute atomic E-state index is 0.0905. The van der Waals surface area contributed by atoms with Crippen LogP contribution in [0.3, 0.4) is 0 Å². The van der Waals surface area contributed by atoms with Gasteiger partial charge in [-0.05, 0) is 37.1 Å². The van der Waals surface area contributed by atoms with Crippen molar-refractivity contribution in [2.45, 2.75) is 18.9 Å². The van der Waals surface area contributed by atoms with E-state index in [1.165, 1.54) is 0 Å². The largest absolute Gasteiger partial charge is 0.467 e. The van der Waals surface area contributed by atoms with Crippen LogP contribution in [0, 0.1) is 0 Å². The van der Waals surface area contributed by atoms with Crippen molar-refractivity contribution >= 4 is 5.91 Å². The average Bonchev–Trinajstić information content (AvgIpc) is 3.09. The van der Waals surface area contributed by atoms with Gasteiger partial charge in [0, 0.05) is 12.1 Å². The first-order valence-electron chi connectivity index (χ1n) is 6.25. The molecule has 1 fully saturated rings. The number of rotatable bonds is 2. The Hall–Kier alpha value is -2.03. The summed E-state index contributed by atoms with van der Waals surface area (Å²) in [5.74, 6) is 0.978. The fourth-order valence-electron chi connectivity index (χ4n) is 2.53. The first-order chi connectivity index (χ1) is 8.86. The van der Waals surface area contributed by atoms with Crippen LogP contribution in [0.5, 0.6) is 0 Å². The van der Waals surface area contributed by atoms with Crippen LogP contribution in [-0.2, 0) is 0 Å². The van der Waals surface area contributed by atoms with Gasteiger partial charge in [-0.1, -0.05) is 18.2 Å². The highest BCUT2D eigenvalue weighted by Crippen LogP contribution is 2.33. The molecule has 0 unspecified atom stereocenters. The van der Waals surface area contributed by atoms with Crippen molar-refractivity contribution < 1.29 is 9.21 Å². The molecule has 0 spiro atoms. The van der Waals surface area contributed by atoms with Gasteiger partial charge in [-0.15, -0.1) is 0 Å². The Morgan fingerprint density at radius 1 is 1.17 bits per heavy atom. The second kappa shape index (κ2) is 4.69. The predicted molar refractivity (Wildman–Crippen MR) is 68.2 cm³/mol. The summed E-state index contributed by atoms with van der Waals surface area (Å²) in [7, 11) is 0. The molecule has 0 saturated carbocycles. The topological polar surface area (TPSA) is 33.5 Å². The van der Waals surface area contributed by atoms with Gasteiger partial charge < -0.3 is 9.32 Å². The van der Waals surface area contributed by atoms with E-state index in [1.54, 1.807) is 6.26 Å². The zero-order chi connectivity index (χ0) is 12.4. The highest BCUT2D eigenvalue weighted by atomic mass is 16.3. The van der Waals surface area contributed by atoms with Crippen LogP contribution < -0.4 is 0 Å². The van der Waals surface area contributed by atoms with Gasteiger partial charge in [0.2, 0.25) is 0 Å². The lowest BCUT2D eigenvalue weighted by atomic mass is 10.1. The quantitative estimate of drug-likeness (QED) is 0.808. The minimum Gasteiger partial charge on any atom is -0.467 e. The van der Waals surface area contributed by atoms with Crippen molar-refractivity contribution in [1.82, 2.24) is 4.90 Å². The van der Waals surface area contributed by atoms with Gasteiger partial charge in [-0.25, -0.2) is 0 Å². The van der Waals surface area contributed by atoms with Gasteiger partial charge in [0.05, 0.1) is 12.3 Å². The summed E-state index contributed by atoms with van der Waals surface area (Å²) in [5, 5.41) is 0. The monoisotopic (exact) mass is 241 g/mol. The van der Waals surface area contributed by atoms with Crippen molar-refractivity contribution in [3.05, 3.63) is 60.1 Å². The number of benzene rings is 1. The molecule has 3 nitrogen and oxygen atoms in total. The maximum absolute atomic E-state index is 12.4. The third-order valence-electron chi connectivity index (χ3n) is 3.41. The molecule has 0 radical (unpaired) electrons. The van der Waals surface area contributed by atoms with E-state index in [-0.39, 0.29) is 11.9 Å². The van der Waals surface area contributed by atoms with Crippen LogP contribution >= 0.6 is 0 Å². The Labute approximate surface area is 106 Å². The van der Waals surface area contributed by atoms with Crippen LogP contribution in [-0.4, -0.2) is 17.4 Å². The minimum atomic E-state index is 0.0905. The summed E-state index contributed by atoms with van der Waals surface area (Å²) in [4.78, 5) is 14.3. The Morgan fingerprint density at radius 3 is 2.72 bits per heavy atom. The Morgan fingerprint density at radius 2 is 2.00 bits per heavy atom. The molecule has 0 bridgehead atoms. The van der Waals surface area contributed by atoms with Crippen molar-refractivity contribution in [2.24, 2.45) is 0 Å². The fourth-order valence-corrected chi connectivity index (χ4v) is 2.53. The summed E-state index contributed by atoms with van der Waals surface area (Å²) >= 11 is 0. The van der Waals surface area contributed by atoms with E-state index in [4.69, 9.17) is 4.42 Å². The standard InChI is InChI=1S/C15H15NO2/c17-15(12-6-2-1-3-7-12)16-10-4-8-13(16)14-9-5-11-18-14/h1-3,5-7,9,11,13H,4,8,10H2/t13-/m1/s1. The third kappa shape index (κ3) is 1.92. The van der Waals surface area contributed by atoms with E-state index in [0.29, 0.717) is 0 Å². The van der Waals surface area contributed by atoms with Gasteiger partial charge in [-0.2, -0.15) is 0 Å². The molecule has 3 heteroatoms. The molecule has 1 aromatic heterocycles. The molecule has 1 aromatic carbocycles. The number of carbonyl (C=O) groups excluding carboxylic acids is 1. The van der Waals surface area contributed by atoms with Crippen LogP contribution in [0.15, 0.2) is 53.1 Å². The number of hydrogen-bond acceptors (Lipinski definition) is 2. The summed E-state index contributed by atoms with van der Waals surface area (Å²) in [6, 6.07) is 13.3. The van der Waals surface area contributed by atoms with E-state index in [0.717, 1.165) is 30.7 Å². The molecule has 2 aromatic rings. The normalized spacial score (nSPS) is 19.1. The van der Waals surface area contributed by atoms with Crippen LogP contribution in [0.4, 0.5) is 0 Å². The van der Waals surface area contributed by atoms with Gasteiger partial charge in [-0.3, -0.25) is 4.79 Å². The lowest BCUT2D eigenvalue weighted by Gasteiger charge is -2.23. The highest BCUT2D eigenvalue weighted by Gasteiger charge is 2.32. The number of likely N-dealkylation sites (tertiary alicyclic amines) is 1. The summed E-state index contributed by atoms with van der Waals surface area (Å²) < 4.78 is 5.44. The Kier molecular flexibility index (Phi) is 2.89. The maximum atomic E-state index is 12.4. The van der Waals surface area contributed by atoms with Crippen LogP contribution in [0.25, 0.3) is 0 Å². The number of carbonyl (C=O) groups is 1. The van der Waals surface area contributed by atoms with E-state index in [1.807, 2.05) is 47.4 Å². The number of nitrogens with zero attached hydrogens (tertiary/aromatic N) is 1. The number of furan rings is 1. The number of amides is 1. The Balaban J connectivity index is 1.85. The maximum Gasteiger partial charge on any atom is 0.254 e. The molecule has 3 rings (SSSR count). The third-order valence-corrected chi connectivity index (χ3v) is 3.41. The molecule has 0 N–H and O–H groups in total. The molecule has 1 aliphatic rings. The van der Waals surface area contributed by atoms with Crippen LogP contribution in [0.1, 0.15) is 35.0 Å². The van der Waals surface area contributed by atoms with E-state index in [9.17, 15) is 4.79 Å².